The van der Waals surface area contributed by atoms with Crippen LogP contribution in [0.3, 0.4) is 0 Å². The number of hydrogen-bond acceptors (Lipinski definition) is 4. The van der Waals surface area contributed by atoms with Crippen molar-refractivity contribution >= 4 is 11.6 Å². The van der Waals surface area contributed by atoms with Crippen LogP contribution in [0.15, 0.2) is 0 Å². The molecule has 0 aliphatic heterocycles. The summed E-state index contributed by atoms with van der Waals surface area (Å²) in [5.41, 5.74) is -1.53. The number of Topliss-reactive ketones (excluding diaryl/α,β-unsaturated/α-hetero) is 2. The van der Waals surface area contributed by atoms with E-state index in [0.717, 1.165) is 25.7 Å². The van der Waals surface area contributed by atoms with Crippen LogP contribution in [0.2, 0.25) is 0 Å². The third-order valence-electron chi connectivity index (χ3n) is 9.23. The maximum absolute atomic E-state index is 12.2. The average molecular weight is 348 g/mol. The number of carbonyl (C=O) groups excluding carboxylic acids is 2. The van der Waals surface area contributed by atoms with Crippen LogP contribution >= 0.6 is 0 Å². The molecule has 4 saturated carbocycles. The second kappa shape index (κ2) is 5.39. The zero-order valence-electron chi connectivity index (χ0n) is 15.8. The van der Waals surface area contributed by atoms with Crippen LogP contribution in [0.25, 0.3) is 0 Å². The van der Waals surface area contributed by atoms with Crippen molar-refractivity contribution in [3.63, 3.8) is 0 Å². The molecule has 4 fully saturated rings. The van der Waals surface area contributed by atoms with Crippen molar-refractivity contribution in [1.29, 1.82) is 0 Å². The summed E-state index contributed by atoms with van der Waals surface area (Å²) in [6.07, 6.45) is 5.67. The van der Waals surface area contributed by atoms with Gasteiger partial charge in [0, 0.05) is 18.3 Å². The van der Waals surface area contributed by atoms with Gasteiger partial charge in [-0.2, -0.15) is 0 Å². The Labute approximate surface area is 150 Å². The zero-order chi connectivity index (χ0) is 18.2. The fourth-order valence-corrected chi connectivity index (χ4v) is 7.61. The van der Waals surface area contributed by atoms with Gasteiger partial charge < -0.3 is 10.2 Å². The molecule has 4 rings (SSSR count). The fraction of sp³-hybridized carbons (Fsp3) is 0.905. The number of fused-ring (bicyclic) bond motifs is 5. The fourth-order valence-electron chi connectivity index (χ4n) is 7.61. The maximum atomic E-state index is 12.2. The monoisotopic (exact) mass is 348 g/mol. The Kier molecular flexibility index (Phi) is 3.81. The number of hydrogen-bond donors (Lipinski definition) is 2. The van der Waals surface area contributed by atoms with E-state index in [2.05, 4.69) is 13.8 Å². The first-order valence-corrected chi connectivity index (χ1v) is 10.1. The average Bonchev–Trinajstić information content (AvgIpc) is 2.82. The molecule has 4 aliphatic carbocycles. The minimum Gasteiger partial charge on any atom is -0.393 e. The Morgan fingerprint density at radius 2 is 1.80 bits per heavy atom. The summed E-state index contributed by atoms with van der Waals surface area (Å²) in [6.45, 7) is 5.93. The van der Waals surface area contributed by atoms with Crippen molar-refractivity contribution < 1.29 is 19.8 Å². The third-order valence-corrected chi connectivity index (χ3v) is 9.23. The van der Waals surface area contributed by atoms with Gasteiger partial charge in [-0.25, -0.2) is 0 Å². The van der Waals surface area contributed by atoms with Crippen molar-refractivity contribution in [3.05, 3.63) is 0 Å². The number of rotatable bonds is 1. The smallest absolute Gasteiger partial charge is 0.161 e. The van der Waals surface area contributed by atoms with E-state index in [0.29, 0.717) is 43.3 Å². The van der Waals surface area contributed by atoms with Gasteiger partial charge in [0.15, 0.2) is 5.78 Å². The normalized spacial score (nSPS) is 55.2. The molecular weight excluding hydrogens is 316 g/mol. The van der Waals surface area contributed by atoms with Crippen molar-refractivity contribution in [2.45, 2.75) is 83.8 Å². The Morgan fingerprint density at radius 1 is 1.12 bits per heavy atom. The zero-order valence-corrected chi connectivity index (χ0v) is 15.8. The number of aliphatic hydroxyl groups is 2. The lowest BCUT2D eigenvalue weighted by atomic mass is 9.43. The van der Waals surface area contributed by atoms with E-state index < -0.39 is 17.1 Å². The molecule has 0 spiro atoms. The molecule has 0 aromatic carbocycles. The lowest BCUT2D eigenvalue weighted by Gasteiger charge is -2.62. The molecule has 2 N–H and O–H groups in total. The van der Waals surface area contributed by atoms with Crippen molar-refractivity contribution in [1.82, 2.24) is 0 Å². The maximum Gasteiger partial charge on any atom is 0.161 e. The molecule has 0 saturated heterocycles. The van der Waals surface area contributed by atoms with Crippen molar-refractivity contribution in [2.75, 3.05) is 0 Å². The van der Waals surface area contributed by atoms with Crippen LogP contribution in [0, 0.1) is 34.5 Å². The van der Waals surface area contributed by atoms with E-state index in [1.165, 1.54) is 6.92 Å². The van der Waals surface area contributed by atoms with Gasteiger partial charge in [-0.05, 0) is 74.5 Å². The highest BCUT2D eigenvalue weighted by atomic mass is 16.3. The molecule has 0 radical (unpaired) electrons. The van der Waals surface area contributed by atoms with Crippen LogP contribution in [0.1, 0.15) is 72.1 Å². The quantitative estimate of drug-likeness (QED) is 0.764. The highest BCUT2D eigenvalue weighted by molar-refractivity contribution is 5.86. The first-order valence-electron chi connectivity index (χ1n) is 10.1. The summed E-state index contributed by atoms with van der Waals surface area (Å²) in [7, 11) is 0. The van der Waals surface area contributed by atoms with Crippen LogP contribution in [0.4, 0.5) is 0 Å². The first kappa shape index (κ1) is 17.7. The van der Waals surface area contributed by atoms with Crippen LogP contribution in [-0.4, -0.2) is 33.5 Å². The summed E-state index contributed by atoms with van der Waals surface area (Å²) < 4.78 is 0. The number of aliphatic hydroxyl groups excluding tert-OH is 1. The Morgan fingerprint density at radius 3 is 2.48 bits per heavy atom. The first-order chi connectivity index (χ1) is 11.6. The van der Waals surface area contributed by atoms with Gasteiger partial charge >= 0.3 is 0 Å². The van der Waals surface area contributed by atoms with Gasteiger partial charge in [0.05, 0.1) is 6.10 Å². The van der Waals surface area contributed by atoms with Gasteiger partial charge in [0.25, 0.3) is 0 Å². The highest BCUT2D eigenvalue weighted by Crippen LogP contribution is 2.68. The van der Waals surface area contributed by atoms with Crippen molar-refractivity contribution in [3.8, 4) is 0 Å². The third kappa shape index (κ3) is 2.13. The second-order valence-electron chi connectivity index (χ2n) is 9.95. The molecule has 0 heterocycles. The van der Waals surface area contributed by atoms with Gasteiger partial charge in [-0.15, -0.1) is 0 Å². The molecule has 4 heteroatoms. The van der Waals surface area contributed by atoms with Crippen molar-refractivity contribution in [2.24, 2.45) is 34.5 Å². The Hall–Kier alpha value is -0.740. The minimum atomic E-state index is -1.23. The van der Waals surface area contributed by atoms with E-state index >= 15 is 0 Å². The molecule has 8 atom stereocenters. The van der Waals surface area contributed by atoms with Gasteiger partial charge in [0.1, 0.15) is 11.4 Å². The molecule has 0 unspecified atom stereocenters. The van der Waals surface area contributed by atoms with E-state index in [1.54, 1.807) is 0 Å². The summed E-state index contributed by atoms with van der Waals surface area (Å²) in [5.74, 6) is 1.28. The summed E-state index contributed by atoms with van der Waals surface area (Å²) >= 11 is 0. The minimum absolute atomic E-state index is 0.117. The molecule has 4 aliphatic rings. The van der Waals surface area contributed by atoms with E-state index in [4.69, 9.17) is 0 Å². The van der Waals surface area contributed by atoms with E-state index in [1.807, 2.05) is 0 Å². The molecular formula is C21H32O4. The molecule has 140 valence electrons. The lowest BCUT2D eigenvalue weighted by molar-refractivity contribution is -0.188. The summed E-state index contributed by atoms with van der Waals surface area (Å²) in [4.78, 5) is 24.2. The summed E-state index contributed by atoms with van der Waals surface area (Å²) in [5, 5.41) is 22.2. The topological polar surface area (TPSA) is 74.6 Å². The number of carbonyl (C=O) groups is 2. The van der Waals surface area contributed by atoms with Crippen LogP contribution in [-0.2, 0) is 9.59 Å². The molecule has 0 aromatic rings. The predicted octanol–water partition coefficient (Wildman–Crippen LogP) is 2.89. The molecule has 0 bridgehead atoms. The van der Waals surface area contributed by atoms with Gasteiger partial charge in [-0.1, -0.05) is 13.8 Å². The predicted molar refractivity (Wildman–Crippen MR) is 93.8 cm³/mol. The van der Waals surface area contributed by atoms with E-state index in [-0.39, 0.29) is 23.0 Å². The van der Waals surface area contributed by atoms with Gasteiger partial charge in [-0.3, -0.25) is 9.59 Å². The standard InChI is InChI=1S/C21H32O4/c1-12(22)21(25)9-6-16-18-15(5-8-20(16,21)3)19(2)7-4-14(23)10-13(19)11-17(18)24/h13,15-18,24-25H,4-11H2,1-3H3/t13-,15+,16+,17-,18-,19+,20+,21+/m1/s1. The molecule has 25 heavy (non-hydrogen) atoms. The Balaban J connectivity index is 1.70. The Bertz CT molecular complexity index is 615. The van der Waals surface area contributed by atoms with Gasteiger partial charge in [0.2, 0.25) is 0 Å². The van der Waals surface area contributed by atoms with E-state index in [9.17, 15) is 19.8 Å². The second-order valence-corrected chi connectivity index (χ2v) is 9.95. The van der Waals surface area contributed by atoms with Crippen LogP contribution in [0.5, 0.6) is 0 Å². The molecule has 0 amide bonds. The number of ketones is 2. The summed E-state index contributed by atoms with van der Waals surface area (Å²) in [6, 6.07) is 0. The largest absolute Gasteiger partial charge is 0.393 e. The highest BCUT2D eigenvalue weighted by Gasteiger charge is 2.67. The van der Waals surface area contributed by atoms with Crippen LogP contribution < -0.4 is 0 Å². The molecule has 0 aromatic heterocycles. The SMILES string of the molecule is CC(=O)[C@@]1(O)CC[C@H]2[C@@H]3[C@H](O)C[C@H]4CC(=O)CC[C@]4(C)[C@H]3CC[C@@]21C. The lowest BCUT2D eigenvalue weighted by Crippen LogP contribution is -2.61. The molecule has 4 nitrogen and oxygen atoms in total.